The van der Waals surface area contributed by atoms with E-state index in [1.54, 1.807) is 18.2 Å². The summed E-state index contributed by atoms with van der Waals surface area (Å²) in [5.74, 6) is 0. The second-order valence-electron chi connectivity index (χ2n) is 3.64. The first-order valence-corrected chi connectivity index (χ1v) is 9.03. The highest BCUT2D eigenvalue weighted by molar-refractivity contribution is 9.11. The summed E-state index contributed by atoms with van der Waals surface area (Å²) >= 11 is 7.78. The van der Waals surface area contributed by atoms with E-state index in [4.69, 9.17) is 5.11 Å². The Morgan fingerprint density at radius 1 is 1.26 bits per heavy atom. The molecule has 0 saturated heterocycles. The van der Waals surface area contributed by atoms with Gasteiger partial charge in [-0.15, -0.1) is 11.3 Å². The van der Waals surface area contributed by atoms with E-state index in [9.17, 15) is 8.42 Å². The minimum Gasteiger partial charge on any atom is -0.391 e. The van der Waals surface area contributed by atoms with Crippen molar-refractivity contribution in [1.82, 2.24) is 0 Å². The van der Waals surface area contributed by atoms with Gasteiger partial charge in [-0.05, 0) is 40.2 Å². The predicted molar refractivity (Wildman–Crippen MR) is 82.9 cm³/mol. The second kappa shape index (κ2) is 5.92. The Bertz CT molecular complexity index is 698. The molecule has 0 unspecified atom stereocenters. The molecule has 0 amide bonds. The van der Waals surface area contributed by atoms with Crippen LogP contribution in [0.15, 0.2) is 43.5 Å². The van der Waals surface area contributed by atoms with Gasteiger partial charge in [0.1, 0.15) is 0 Å². The molecule has 19 heavy (non-hydrogen) atoms. The van der Waals surface area contributed by atoms with Crippen molar-refractivity contribution in [3.8, 4) is 0 Å². The van der Waals surface area contributed by atoms with Crippen LogP contribution in [0.4, 0.5) is 5.69 Å². The monoisotopic (exact) mass is 425 g/mol. The highest BCUT2D eigenvalue weighted by Gasteiger charge is 2.17. The number of benzene rings is 1. The highest BCUT2D eigenvalue weighted by Crippen LogP contribution is 2.29. The van der Waals surface area contributed by atoms with Crippen molar-refractivity contribution in [3.05, 3.63) is 43.5 Å². The SMILES string of the molecule is O=S(=O)(Nc1cc(Br)ccc1Br)c1csc(CO)c1. The normalized spacial score (nSPS) is 11.5. The van der Waals surface area contributed by atoms with Crippen molar-refractivity contribution in [2.24, 2.45) is 0 Å². The molecular weight excluding hydrogens is 418 g/mol. The number of aliphatic hydroxyl groups is 1. The van der Waals surface area contributed by atoms with Crippen molar-refractivity contribution in [2.75, 3.05) is 4.72 Å². The summed E-state index contributed by atoms with van der Waals surface area (Å²) in [6.07, 6.45) is 0. The fourth-order valence-corrected chi connectivity index (χ4v) is 4.41. The lowest BCUT2D eigenvalue weighted by Gasteiger charge is -2.08. The zero-order chi connectivity index (χ0) is 14.0. The lowest BCUT2D eigenvalue weighted by atomic mass is 10.3. The average Bonchev–Trinajstić information content (AvgIpc) is 2.83. The molecule has 0 aliphatic carbocycles. The molecule has 2 aromatic rings. The van der Waals surface area contributed by atoms with E-state index < -0.39 is 10.0 Å². The molecule has 0 radical (unpaired) electrons. The van der Waals surface area contributed by atoms with Crippen LogP contribution in [-0.2, 0) is 16.6 Å². The lowest BCUT2D eigenvalue weighted by Crippen LogP contribution is -2.12. The topological polar surface area (TPSA) is 66.4 Å². The van der Waals surface area contributed by atoms with E-state index in [1.165, 1.54) is 22.8 Å². The zero-order valence-corrected chi connectivity index (χ0v) is 14.2. The minimum absolute atomic E-state index is 0.147. The first-order chi connectivity index (χ1) is 8.92. The largest absolute Gasteiger partial charge is 0.391 e. The van der Waals surface area contributed by atoms with E-state index in [2.05, 4.69) is 36.6 Å². The number of rotatable bonds is 4. The number of halogens is 2. The van der Waals surface area contributed by atoms with Gasteiger partial charge in [0, 0.05) is 19.2 Å². The zero-order valence-electron chi connectivity index (χ0n) is 9.43. The van der Waals surface area contributed by atoms with Crippen molar-refractivity contribution in [3.63, 3.8) is 0 Å². The third-order valence-corrected chi connectivity index (χ3v) is 5.87. The van der Waals surface area contributed by atoms with Gasteiger partial charge in [0.25, 0.3) is 10.0 Å². The summed E-state index contributed by atoms with van der Waals surface area (Å²) in [4.78, 5) is 0.752. The van der Waals surface area contributed by atoms with Gasteiger partial charge in [-0.25, -0.2) is 8.42 Å². The van der Waals surface area contributed by atoms with Crippen LogP contribution in [-0.4, -0.2) is 13.5 Å². The maximum absolute atomic E-state index is 12.2. The van der Waals surface area contributed by atoms with E-state index in [1.807, 2.05) is 0 Å². The van der Waals surface area contributed by atoms with Gasteiger partial charge in [0.15, 0.2) is 0 Å². The average molecular weight is 427 g/mol. The summed E-state index contributed by atoms with van der Waals surface area (Å²) < 4.78 is 28.3. The Morgan fingerprint density at radius 2 is 2.00 bits per heavy atom. The molecule has 102 valence electrons. The minimum atomic E-state index is -3.64. The quantitative estimate of drug-likeness (QED) is 0.785. The maximum atomic E-state index is 12.2. The Hall–Kier alpha value is -0.410. The summed E-state index contributed by atoms with van der Waals surface area (Å²) in [6, 6.07) is 6.67. The van der Waals surface area contributed by atoms with Crippen molar-refractivity contribution in [2.45, 2.75) is 11.5 Å². The van der Waals surface area contributed by atoms with E-state index in [0.29, 0.717) is 15.0 Å². The first-order valence-electron chi connectivity index (χ1n) is 5.08. The van der Waals surface area contributed by atoms with Crippen LogP contribution in [0, 0.1) is 0 Å². The van der Waals surface area contributed by atoms with Gasteiger partial charge in [0.2, 0.25) is 0 Å². The van der Waals surface area contributed by atoms with Crippen LogP contribution in [0.5, 0.6) is 0 Å². The van der Waals surface area contributed by atoms with Crippen LogP contribution in [0.2, 0.25) is 0 Å². The van der Waals surface area contributed by atoms with E-state index in [-0.39, 0.29) is 11.5 Å². The van der Waals surface area contributed by atoms with Gasteiger partial charge in [-0.3, -0.25) is 4.72 Å². The lowest BCUT2D eigenvalue weighted by molar-refractivity contribution is 0.285. The molecule has 1 aromatic carbocycles. The number of anilines is 1. The van der Waals surface area contributed by atoms with Gasteiger partial charge in [-0.1, -0.05) is 15.9 Å². The van der Waals surface area contributed by atoms with E-state index >= 15 is 0 Å². The van der Waals surface area contributed by atoms with Crippen molar-refractivity contribution < 1.29 is 13.5 Å². The fraction of sp³-hybridized carbons (Fsp3) is 0.0909. The molecule has 0 aliphatic heterocycles. The Kier molecular flexibility index (Phi) is 4.67. The third-order valence-electron chi connectivity index (χ3n) is 2.27. The molecule has 1 heterocycles. The molecular formula is C11H9Br2NO3S2. The number of hydrogen-bond acceptors (Lipinski definition) is 4. The van der Waals surface area contributed by atoms with Crippen molar-refractivity contribution >= 4 is 58.9 Å². The number of hydrogen-bond donors (Lipinski definition) is 2. The van der Waals surface area contributed by atoms with Crippen LogP contribution < -0.4 is 4.72 Å². The summed E-state index contributed by atoms with van der Waals surface area (Å²) in [6.45, 7) is -0.166. The molecule has 0 saturated carbocycles. The molecule has 0 aliphatic rings. The third kappa shape index (κ3) is 3.57. The summed E-state index contributed by atoms with van der Waals surface area (Å²) in [7, 11) is -3.64. The standard InChI is InChI=1S/C11H9Br2NO3S2/c12-7-1-2-10(13)11(3-7)14-19(16,17)9-4-8(5-15)18-6-9/h1-4,6,14-15H,5H2. The molecule has 1 aromatic heterocycles. The molecule has 0 atom stereocenters. The van der Waals surface area contributed by atoms with Crippen LogP contribution in [0.25, 0.3) is 0 Å². The van der Waals surface area contributed by atoms with Crippen LogP contribution in [0.3, 0.4) is 0 Å². The molecule has 0 bridgehead atoms. The van der Waals surface area contributed by atoms with Gasteiger partial charge in [-0.2, -0.15) is 0 Å². The number of thiophene rings is 1. The molecule has 4 nitrogen and oxygen atoms in total. The summed E-state index contributed by atoms with van der Waals surface area (Å²) in [5.41, 5.74) is 0.450. The number of aliphatic hydroxyl groups excluding tert-OH is 1. The number of sulfonamides is 1. The van der Waals surface area contributed by atoms with Gasteiger partial charge >= 0.3 is 0 Å². The second-order valence-corrected chi connectivity index (χ2v) is 8.08. The Balaban J connectivity index is 2.33. The molecule has 8 heteroatoms. The first kappa shape index (κ1) is 15.0. The summed E-state index contributed by atoms with van der Waals surface area (Å²) in [5, 5.41) is 10.5. The fourth-order valence-electron chi connectivity index (χ4n) is 1.36. The molecule has 2 rings (SSSR count). The van der Waals surface area contributed by atoms with Crippen LogP contribution in [0.1, 0.15) is 4.88 Å². The van der Waals surface area contributed by atoms with Gasteiger partial charge in [0.05, 0.1) is 17.2 Å². The molecule has 2 N–H and O–H groups in total. The Morgan fingerprint density at radius 3 is 2.63 bits per heavy atom. The highest BCUT2D eigenvalue weighted by atomic mass is 79.9. The van der Waals surface area contributed by atoms with E-state index in [0.717, 1.165) is 4.47 Å². The smallest absolute Gasteiger partial charge is 0.262 e. The van der Waals surface area contributed by atoms with Gasteiger partial charge < -0.3 is 5.11 Å². The Labute approximate surface area is 131 Å². The van der Waals surface area contributed by atoms with Crippen LogP contribution >= 0.6 is 43.2 Å². The van der Waals surface area contributed by atoms with Crippen molar-refractivity contribution in [1.29, 1.82) is 0 Å². The molecule has 0 fully saturated rings. The number of nitrogens with one attached hydrogen (secondary N) is 1. The predicted octanol–water partition coefficient (Wildman–Crippen LogP) is 3.57. The maximum Gasteiger partial charge on any atom is 0.262 e. The molecule has 0 spiro atoms.